The molecule has 1 aliphatic rings. The molecule has 178 valence electrons. The molecule has 3 aromatic rings. The van der Waals surface area contributed by atoms with Gasteiger partial charge in [0.2, 0.25) is 0 Å². The highest BCUT2D eigenvalue weighted by Crippen LogP contribution is 2.32. The molecule has 1 atom stereocenters. The average molecular weight is 477 g/mol. The molecule has 6 heteroatoms. The number of amides is 1. The fourth-order valence-electron chi connectivity index (χ4n) is 4.56. The number of thiophene rings is 1. The van der Waals surface area contributed by atoms with E-state index in [1.165, 1.54) is 16.9 Å². The Bertz CT molecular complexity index is 1180. The number of hydrogen-bond acceptors (Lipinski definition) is 5. The molecule has 2 aromatic carbocycles. The number of aryl methyl sites for hydroxylation is 1. The monoisotopic (exact) mass is 476 g/mol. The maximum Gasteiger partial charge on any atom is 0.252 e. The highest BCUT2D eigenvalue weighted by atomic mass is 32.1. The summed E-state index contributed by atoms with van der Waals surface area (Å²) in [6.45, 7) is 6.15. The van der Waals surface area contributed by atoms with Crippen molar-refractivity contribution >= 4 is 23.5 Å². The minimum Gasteiger partial charge on any atom is -0.497 e. The van der Waals surface area contributed by atoms with Crippen molar-refractivity contribution in [2.75, 3.05) is 27.2 Å². The van der Waals surface area contributed by atoms with Gasteiger partial charge in [0.25, 0.3) is 5.91 Å². The number of benzene rings is 2. The molecule has 2 heterocycles. The van der Waals surface area contributed by atoms with E-state index < -0.39 is 0 Å². The smallest absolute Gasteiger partial charge is 0.252 e. The van der Waals surface area contributed by atoms with Crippen LogP contribution in [0.25, 0.3) is 11.1 Å². The number of methoxy groups -OCH3 is 1. The number of carbonyl (C=O) groups excluding carboxylic acids is 2. The molecule has 0 saturated carbocycles. The largest absolute Gasteiger partial charge is 0.497 e. The van der Waals surface area contributed by atoms with Gasteiger partial charge in [0.1, 0.15) is 5.75 Å². The van der Waals surface area contributed by atoms with E-state index >= 15 is 0 Å². The first kappa shape index (κ1) is 24.2. The number of nitrogens with zero attached hydrogens (tertiary/aromatic N) is 1. The molecular formula is C28H32N2O3S. The van der Waals surface area contributed by atoms with Crippen LogP contribution in [0.3, 0.4) is 0 Å². The van der Waals surface area contributed by atoms with Gasteiger partial charge in [-0.3, -0.25) is 9.59 Å². The Kier molecular flexibility index (Phi) is 7.49. The van der Waals surface area contributed by atoms with Crippen LogP contribution in [-0.2, 0) is 0 Å². The second-order valence-corrected chi connectivity index (χ2v) is 10.1. The number of aldehydes is 1. The number of piperidine rings is 1. The van der Waals surface area contributed by atoms with Crippen LogP contribution in [0.2, 0.25) is 0 Å². The number of hydrogen-bond donors (Lipinski definition) is 1. The van der Waals surface area contributed by atoms with Crippen molar-refractivity contribution in [2.24, 2.45) is 0 Å². The minimum atomic E-state index is -0.211. The van der Waals surface area contributed by atoms with Crippen LogP contribution in [0.5, 0.6) is 5.75 Å². The number of ether oxygens (including phenoxy) is 1. The van der Waals surface area contributed by atoms with Crippen LogP contribution >= 0.6 is 11.3 Å². The zero-order valence-electron chi connectivity index (χ0n) is 20.3. The molecule has 0 bridgehead atoms. The van der Waals surface area contributed by atoms with E-state index in [-0.39, 0.29) is 11.9 Å². The maximum absolute atomic E-state index is 13.3. The topological polar surface area (TPSA) is 58.6 Å². The number of nitrogens with one attached hydrogen (secondary N) is 1. The summed E-state index contributed by atoms with van der Waals surface area (Å²) in [5, 5.41) is 5.14. The first-order valence-electron chi connectivity index (χ1n) is 11.7. The van der Waals surface area contributed by atoms with E-state index in [1.807, 2.05) is 43.5 Å². The quantitative estimate of drug-likeness (QED) is 0.435. The SMILES string of the molecule is COc1cc(-c2csc(C=O)c2)cc([C@@H](C)NC(=O)c2cc(C3CCN(C)CC3)ccc2C)c1. The molecule has 0 unspecified atom stereocenters. The third kappa shape index (κ3) is 5.40. The van der Waals surface area contributed by atoms with E-state index in [0.29, 0.717) is 16.5 Å². The van der Waals surface area contributed by atoms with Crippen molar-refractivity contribution < 1.29 is 14.3 Å². The molecule has 1 fully saturated rings. The van der Waals surface area contributed by atoms with Gasteiger partial charge in [0.15, 0.2) is 6.29 Å². The van der Waals surface area contributed by atoms with Gasteiger partial charge in [-0.05, 0) is 116 Å². The van der Waals surface area contributed by atoms with Crippen LogP contribution in [0.4, 0.5) is 0 Å². The first-order valence-corrected chi connectivity index (χ1v) is 12.6. The lowest BCUT2D eigenvalue weighted by atomic mass is 9.87. The summed E-state index contributed by atoms with van der Waals surface area (Å²) in [4.78, 5) is 27.4. The zero-order valence-corrected chi connectivity index (χ0v) is 21.1. The van der Waals surface area contributed by atoms with Gasteiger partial charge in [-0.2, -0.15) is 0 Å². The second kappa shape index (κ2) is 10.5. The zero-order chi connectivity index (χ0) is 24.2. The van der Waals surface area contributed by atoms with Crippen LogP contribution in [0.1, 0.15) is 68.4 Å². The summed E-state index contributed by atoms with van der Waals surface area (Å²) < 4.78 is 5.52. The molecular weight excluding hydrogens is 444 g/mol. The highest BCUT2D eigenvalue weighted by Gasteiger charge is 2.21. The number of carbonyl (C=O) groups is 2. The molecule has 4 rings (SSSR count). The summed E-state index contributed by atoms with van der Waals surface area (Å²) in [5.41, 5.74) is 5.84. The number of rotatable bonds is 7. The lowest BCUT2D eigenvalue weighted by Crippen LogP contribution is -2.30. The molecule has 34 heavy (non-hydrogen) atoms. The van der Waals surface area contributed by atoms with E-state index in [0.717, 1.165) is 60.0 Å². The predicted molar refractivity (Wildman–Crippen MR) is 138 cm³/mol. The van der Waals surface area contributed by atoms with Crippen molar-refractivity contribution in [1.29, 1.82) is 0 Å². The molecule has 0 aliphatic carbocycles. The van der Waals surface area contributed by atoms with E-state index in [1.54, 1.807) is 7.11 Å². The molecule has 1 N–H and O–H groups in total. The first-order chi connectivity index (χ1) is 16.4. The summed E-state index contributed by atoms with van der Waals surface area (Å²) in [6, 6.07) is 13.9. The molecule has 1 aromatic heterocycles. The Morgan fingerprint density at radius 1 is 1.15 bits per heavy atom. The van der Waals surface area contributed by atoms with Gasteiger partial charge in [-0.15, -0.1) is 11.3 Å². The highest BCUT2D eigenvalue weighted by molar-refractivity contribution is 7.12. The number of likely N-dealkylation sites (tertiary alicyclic amines) is 1. The van der Waals surface area contributed by atoms with Gasteiger partial charge in [0.05, 0.1) is 18.0 Å². The maximum atomic E-state index is 13.3. The van der Waals surface area contributed by atoms with Crippen LogP contribution in [0.15, 0.2) is 47.8 Å². The fourth-order valence-corrected chi connectivity index (χ4v) is 5.28. The molecule has 1 aliphatic heterocycles. The van der Waals surface area contributed by atoms with E-state index in [4.69, 9.17) is 4.74 Å². The summed E-state index contributed by atoms with van der Waals surface area (Å²) in [5.74, 6) is 1.15. The second-order valence-electron chi connectivity index (χ2n) is 9.20. The Morgan fingerprint density at radius 2 is 1.91 bits per heavy atom. The lowest BCUT2D eigenvalue weighted by molar-refractivity contribution is 0.0938. The Hall–Kier alpha value is -2.96. The Morgan fingerprint density at radius 3 is 2.59 bits per heavy atom. The molecule has 0 radical (unpaired) electrons. The summed E-state index contributed by atoms with van der Waals surface area (Å²) >= 11 is 1.41. The lowest BCUT2D eigenvalue weighted by Gasteiger charge is -2.29. The van der Waals surface area contributed by atoms with Gasteiger partial charge < -0.3 is 15.0 Å². The van der Waals surface area contributed by atoms with E-state index in [9.17, 15) is 9.59 Å². The van der Waals surface area contributed by atoms with Gasteiger partial charge in [-0.1, -0.05) is 12.1 Å². The fraction of sp³-hybridized carbons (Fsp3) is 0.357. The van der Waals surface area contributed by atoms with Crippen molar-refractivity contribution in [3.05, 3.63) is 75.0 Å². The normalized spacial score (nSPS) is 15.6. The standard InChI is InChI=1S/C28H32N2O3S/c1-18-5-6-21(20-7-9-30(3)10-8-20)15-27(18)28(32)29-19(2)22-11-23(13-25(12-22)33-4)24-14-26(16-31)34-17-24/h5-6,11-17,19-20H,7-10H2,1-4H3,(H,29,32)/t19-/m1/s1. The third-order valence-corrected chi connectivity index (χ3v) is 7.64. The van der Waals surface area contributed by atoms with Crippen molar-refractivity contribution in [2.45, 2.75) is 38.6 Å². The van der Waals surface area contributed by atoms with E-state index in [2.05, 4.69) is 35.5 Å². The molecule has 1 saturated heterocycles. The minimum absolute atomic E-state index is 0.0667. The van der Waals surface area contributed by atoms with Gasteiger partial charge in [0, 0.05) is 5.56 Å². The predicted octanol–water partition coefficient (Wildman–Crippen LogP) is 5.84. The van der Waals surface area contributed by atoms with Crippen molar-refractivity contribution in [1.82, 2.24) is 10.2 Å². The summed E-state index contributed by atoms with van der Waals surface area (Å²) in [6.07, 6.45) is 3.11. The Labute approximate surface area is 205 Å². The molecule has 1 amide bonds. The van der Waals surface area contributed by atoms with Gasteiger partial charge in [-0.25, -0.2) is 0 Å². The third-order valence-electron chi connectivity index (χ3n) is 6.78. The summed E-state index contributed by atoms with van der Waals surface area (Å²) in [7, 11) is 3.80. The van der Waals surface area contributed by atoms with Crippen molar-refractivity contribution in [3.8, 4) is 16.9 Å². The van der Waals surface area contributed by atoms with Crippen molar-refractivity contribution in [3.63, 3.8) is 0 Å². The molecule has 5 nitrogen and oxygen atoms in total. The average Bonchev–Trinajstić information content (AvgIpc) is 3.34. The van der Waals surface area contributed by atoms with Crippen LogP contribution in [0, 0.1) is 6.92 Å². The van der Waals surface area contributed by atoms with Crippen LogP contribution in [-0.4, -0.2) is 44.3 Å². The van der Waals surface area contributed by atoms with Crippen LogP contribution < -0.4 is 10.1 Å². The van der Waals surface area contributed by atoms with Gasteiger partial charge >= 0.3 is 0 Å². The molecule has 0 spiro atoms. The Balaban J connectivity index is 1.55.